The minimum Gasteiger partial charge on any atom is -0.348 e. The molecular formula is C14H17NO2. The van der Waals surface area contributed by atoms with Crippen molar-refractivity contribution in [1.82, 2.24) is 5.32 Å². The number of hydrogen-bond donors (Lipinski definition) is 1. The van der Waals surface area contributed by atoms with Crippen molar-refractivity contribution >= 4 is 11.7 Å². The molecule has 1 aliphatic rings. The van der Waals surface area contributed by atoms with E-state index in [0.29, 0.717) is 5.56 Å². The Balaban J connectivity index is 1.82. The average molecular weight is 231 g/mol. The van der Waals surface area contributed by atoms with Crippen molar-refractivity contribution < 1.29 is 9.59 Å². The summed E-state index contributed by atoms with van der Waals surface area (Å²) in [6.07, 6.45) is 4.19. The monoisotopic (exact) mass is 231 g/mol. The molecule has 0 bridgehead atoms. The van der Waals surface area contributed by atoms with Crippen LogP contribution in [0.5, 0.6) is 0 Å². The zero-order chi connectivity index (χ0) is 12.1. The van der Waals surface area contributed by atoms with Crippen LogP contribution in [-0.4, -0.2) is 18.2 Å². The lowest BCUT2D eigenvalue weighted by Gasteiger charge is -2.09. The van der Waals surface area contributed by atoms with Crippen LogP contribution in [0.2, 0.25) is 0 Å². The fourth-order valence-corrected chi connectivity index (χ4v) is 2.23. The normalized spacial score (nSPS) is 15.8. The van der Waals surface area contributed by atoms with Gasteiger partial charge in [-0.1, -0.05) is 43.2 Å². The van der Waals surface area contributed by atoms with Crippen molar-refractivity contribution in [3.8, 4) is 0 Å². The van der Waals surface area contributed by atoms with E-state index in [0.717, 1.165) is 25.7 Å². The van der Waals surface area contributed by atoms with E-state index < -0.39 is 0 Å². The van der Waals surface area contributed by atoms with Crippen molar-refractivity contribution in [2.45, 2.75) is 25.7 Å². The first kappa shape index (κ1) is 11.8. The number of Topliss-reactive ketones (excluding diaryl/α,β-unsaturated/α-hetero) is 1. The lowest BCUT2D eigenvalue weighted by molar-refractivity contribution is -0.124. The van der Waals surface area contributed by atoms with E-state index in [2.05, 4.69) is 5.32 Å². The van der Waals surface area contributed by atoms with Gasteiger partial charge in [-0.2, -0.15) is 0 Å². The van der Waals surface area contributed by atoms with Crippen LogP contribution in [0.15, 0.2) is 30.3 Å². The molecule has 1 fully saturated rings. The van der Waals surface area contributed by atoms with Gasteiger partial charge in [-0.25, -0.2) is 0 Å². The highest BCUT2D eigenvalue weighted by Crippen LogP contribution is 2.24. The Labute approximate surface area is 101 Å². The first-order valence-electron chi connectivity index (χ1n) is 6.13. The lowest BCUT2D eigenvalue weighted by Crippen LogP contribution is -2.33. The Bertz CT molecular complexity index is 394. The second kappa shape index (κ2) is 5.62. The van der Waals surface area contributed by atoms with Gasteiger partial charge < -0.3 is 5.32 Å². The van der Waals surface area contributed by atoms with Gasteiger partial charge in [0, 0.05) is 11.5 Å². The minimum absolute atomic E-state index is 0.0306. The molecule has 90 valence electrons. The molecule has 0 heterocycles. The van der Waals surface area contributed by atoms with Crippen molar-refractivity contribution in [1.29, 1.82) is 0 Å². The SMILES string of the molecule is O=C(CNC(=O)C1CCCC1)c1ccccc1. The van der Waals surface area contributed by atoms with Gasteiger partial charge in [-0.15, -0.1) is 0 Å². The highest BCUT2D eigenvalue weighted by Gasteiger charge is 2.22. The van der Waals surface area contributed by atoms with Crippen LogP contribution in [0.3, 0.4) is 0 Å². The second-order valence-corrected chi connectivity index (χ2v) is 4.49. The molecule has 0 radical (unpaired) electrons. The Hall–Kier alpha value is -1.64. The topological polar surface area (TPSA) is 46.2 Å². The molecule has 0 spiro atoms. The van der Waals surface area contributed by atoms with Gasteiger partial charge in [0.2, 0.25) is 5.91 Å². The number of carbonyl (C=O) groups is 2. The molecule has 1 saturated carbocycles. The predicted molar refractivity (Wildman–Crippen MR) is 65.7 cm³/mol. The number of rotatable bonds is 4. The predicted octanol–water partition coefficient (Wildman–Crippen LogP) is 2.18. The molecule has 0 aliphatic heterocycles. The Morgan fingerprint density at radius 1 is 1.12 bits per heavy atom. The highest BCUT2D eigenvalue weighted by atomic mass is 16.2. The Morgan fingerprint density at radius 3 is 2.41 bits per heavy atom. The van der Waals surface area contributed by atoms with Gasteiger partial charge >= 0.3 is 0 Å². The number of benzene rings is 1. The fraction of sp³-hybridized carbons (Fsp3) is 0.429. The van der Waals surface area contributed by atoms with Crippen LogP contribution in [0.1, 0.15) is 36.0 Å². The van der Waals surface area contributed by atoms with E-state index in [-0.39, 0.29) is 24.2 Å². The summed E-state index contributed by atoms with van der Waals surface area (Å²) in [5.41, 5.74) is 0.652. The molecule has 1 amide bonds. The molecule has 1 aliphatic carbocycles. The smallest absolute Gasteiger partial charge is 0.223 e. The molecule has 1 aromatic rings. The second-order valence-electron chi connectivity index (χ2n) is 4.49. The molecule has 0 unspecified atom stereocenters. The quantitative estimate of drug-likeness (QED) is 0.807. The number of nitrogens with one attached hydrogen (secondary N) is 1. The van der Waals surface area contributed by atoms with E-state index in [1.807, 2.05) is 18.2 Å². The van der Waals surface area contributed by atoms with Crippen LogP contribution < -0.4 is 5.32 Å². The molecule has 0 atom stereocenters. The summed E-state index contributed by atoms with van der Waals surface area (Å²) in [4.78, 5) is 23.5. The molecule has 2 rings (SSSR count). The zero-order valence-electron chi connectivity index (χ0n) is 9.82. The highest BCUT2D eigenvalue weighted by molar-refractivity contribution is 5.99. The number of ketones is 1. The third-order valence-electron chi connectivity index (χ3n) is 3.24. The summed E-state index contributed by atoms with van der Waals surface area (Å²) in [7, 11) is 0. The number of hydrogen-bond acceptors (Lipinski definition) is 2. The molecule has 0 saturated heterocycles. The van der Waals surface area contributed by atoms with Gasteiger partial charge in [0.1, 0.15) is 0 Å². The first-order valence-corrected chi connectivity index (χ1v) is 6.13. The molecule has 17 heavy (non-hydrogen) atoms. The maximum atomic E-state index is 11.7. The number of carbonyl (C=O) groups excluding carboxylic acids is 2. The van der Waals surface area contributed by atoms with Crippen molar-refractivity contribution in [2.24, 2.45) is 5.92 Å². The van der Waals surface area contributed by atoms with Gasteiger partial charge in [-0.05, 0) is 12.8 Å². The van der Waals surface area contributed by atoms with E-state index in [1.165, 1.54) is 0 Å². The van der Waals surface area contributed by atoms with Gasteiger partial charge in [0.25, 0.3) is 0 Å². The van der Waals surface area contributed by atoms with Gasteiger partial charge in [0.15, 0.2) is 5.78 Å². The maximum absolute atomic E-state index is 11.7. The fourth-order valence-electron chi connectivity index (χ4n) is 2.23. The number of amides is 1. The summed E-state index contributed by atoms with van der Waals surface area (Å²) in [5, 5.41) is 2.73. The van der Waals surface area contributed by atoms with Crippen molar-refractivity contribution in [3.05, 3.63) is 35.9 Å². The van der Waals surface area contributed by atoms with E-state index in [4.69, 9.17) is 0 Å². The third-order valence-corrected chi connectivity index (χ3v) is 3.24. The van der Waals surface area contributed by atoms with E-state index in [1.54, 1.807) is 12.1 Å². The molecular weight excluding hydrogens is 214 g/mol. The summed E-state index contributed by atoms with van der Waals surface area (Å²) in [6, 6.07) is 9.06. The summed E-state index contributed by atoms with van der Waals surface area (Å²) >= 11 is 0. The van der Waals surface area contributed by atoms with Crippen LogP contribution in [0.4, 0.5) is 0 Å². The molecule has 0 aromatic heterocycles. The summed E-state index contributed by atoms with van der Waals surface area (Å²) in [5.74, 6) is 0.127. The van der Waals surface area contributed by atoms with E-state index >= 15 is 0 Å². The standard InChI is InChI=1S/C14H17NO2/c16-13(11-6-2-1-3-7-11)10-15-14(17)12-8-4-5-9-12/h1-3,6-7,12H,4-5,8-10H2,(H,15,17). The Kier molecular flexibility index (Phi) is 3.91. The van der Waals surface area contributed by atoms with Crippen LogP contribution in [0, 0.1) is 5.92 Å². The van der Waals surface area contributed by atoms with Crippen LogP contribution in [0.25, 0.3) is 0 Å². The lowest BCUT2D eigenvalue weighted by atomic mass is 10.1. The molecule has 1 N–H and O–H groups in total. The molecule has 3 heteroatoms. The summed E-state index contributed by atoms with van der Waals surface area (Å²) in [6.45, 7) is 0.110. The largest absolute Gasteiger partial charge is 0.348 e. The third kappa shape index (κ3) is 3.16. The van der Waals surface area contributed by atoms with Crippen LogP contribution in [-0.2, 0) is 4.79 Å². The maximum Gasteiger partial charge on any atom is 0.223 e. The van der Waals surface area contributed by atoms with Crippen molar-refractivity contribution in [3.63, 3.8) is 0 Å². The van der Waals surface area contributed by atoms with E-state index in [9.17, 15) is 9.59 Å². The minimum atomic E-state index is -0.0306. The molecule has 3 nitrogen and oxygen atoms in total. The Morgan fingerprint density at radius 2 is 1.76 bits per heavy atom. The zero-order valence-corrected chi connectivity index (χ0v) is 9.82. The van der Waals surface area contributed by atoms with Gasteiger partial charge in [-0.3, -0.25) is 9.59 Å². The van der Waals surface area contributed by atoms with Crippen LogP contribution >= 0.6 is 0 Å². The van der Waals surface area contributed by atoms with Gasteiger partial charge in [0.05, 0.1) is 6.54 Å². The first-order chi connectivity index (χ1) is 8.27. The summed E-state index contributed by atoms with van der Waals surface area (Å²) < 4.78 is 0. The average Bonchev–Trinajstić information content (AvgIpc) is 2.90. The molecule has 1 aromatic carbocycles. The van der Waals surface area contributed by atoms with Crippen molar-refractivity contribution in [2.75, 3.05) is 6.54 Å².